The second-order valence-corrected chi connectivity index (χ2v) is 8.03. The summed E-state index contributed by atoms with van der Waals surface area (Å²) in [4.78, 5) is 26.2. The molecule has 3 rings (SSSR count). The number of hydrogen-bond donors (Lipinski definition) is 1. The van der Waals surface area contributed by atoms with Crippen molar-refractivity contribution < 1.29 is 9.59 Å². The van der Waals surface area contributed by atoms with Crippen LogP contribution >= 0.6 is 11.8 Å². The lowest BCUT2D eigenvalue weighted by Crippen LogP contribution is -2.48. The molecule has 1 aromatic carbocycles. The van der Waals surface area contributed by atoms with Crippen LogP contribution in [-0.2, 0) is 9.59 Å². The van der Waals surface area contributed by atoms with Crippen molar-refractivity contribution in [3.8, 4) is 0 Å². The first-order valence-corrected chi connectivity index (χ1v) is 8.76. The molecule has 0 bridgehead atoms. The van der Waals surface area contributed by atoms with Gasteiger partial charge in [-0.2, -0.15) is 0 Å². The lowest BCUT2D eigenvalue weighted by atomic mass is 10.0. The Balaban J connectivity index is 1.71. The predicted octanol–water partition coefficient (Wildman–Crippen LogP) is 3.20. The summed E-state index contributed by atoms with van der Waals surface area (Å²) in [6.45, 7) is 6.35. The van der Waals surface area contributed by atoms with Crippen LogP contribution in [0.2, 0.25) is 0 Å². The van der Waals surface area contributed by atoms with E-state index in [-0.39, 0.29) is 22.7 Å². The fourth-order valence-electron chi connectivity index (χ4n) is 3.19. The van der Waals surface area contributed by atoms with Crippen molar-refractivity contribution in [1.29, 1.82) is 0 Å². The zero-order valence-electron chi connectivity index (χ0n) is 13.3. The largest absolute Gasteiger partial charge is 0.324 e. The van der Waals surface area contributed by atoms with Gasteiger partial charge < -0.3 is 10.2 Å². The fourth-order valence-corrected chi connectivity index (χ4v) is 4.62. The van der Waals surface area contributed by atoms with E-state index in [0.717, 1.165) is 12.1 Å². The van der Waals surface area contributed by atoms with Crippen LogP contribution in [0.3, 0.4) is 0 Å². The molecule has 0 spiro atoms. The van der Waals surface area contributed by atoms with E-state index < -0.39 is 0 Å². The van der Waals surface area contributed by atoms with E-state index in [4.69, 9.17) is 0 Å². The Morgan fingerprint density at radius 1 is 1.36 bits per heavy atom. The summed E-state index contributed by atoms with van der Waals surface area (Å²) < 4.78 is 0. The number of nitrogens with one attached hydrogen (secondary N) is 1. The van der Waals surface area contributed by atoms with E-state index in [1.165, 1.54) is 5.56 Å². The molecular formula is C17H22N2O2S. The molecular weight excluding hydrogens is 296 g/mol. The lowest BCUT2D eigenvalue weighted by Gasteiger charge is -2.29. The molecule has 5 heteroatoms. The zero-order chi connectivity index (χ0) is 15.9. The van der Waals surface area contributed by atoms with Crippen LogP contribution < -0.4 is 5.32 Å². The summed E-state index contributed by atoms with van der Waals surface area (Å²) in [5.41, 5.74) is 2.04. The molecule has 0 unspecified atom stereocenters. The number of anilines is 1. The maximum absolute atomic E-state index is 12.5. The quantitative estimate of drug-likeness (QED) is 0.931. The molecule has 1 aromatic rings. The Hall–Kier alpha value is -1.49. The van der Waals surface area contributed by atoms with Crippen molar-refractivity contribution >= 4 is 29.3 Å². The Morgan fingerprint density at radius 2 is 2.05 bits per heavy atom. The second-order valence-electron chi connectivity index (χ2n) is 6.53. The normalized spacial score (nSPS) is 27.4. The van der Waals surface area contributed by atoms with Crippen molar-refractivity contribution in [3.05, 3.63) is 29.8 Å². The maximum Gasteiger partial charge on any atom is 0.248 e. The third-order valence-corrected chi connectivity index (χ3v) is 6.10. The van der Waals surface area contributed by atoms with Gasteiger partial charge in [-0.15, -0.1) is 11.8 Å². The molecule has 0 aliphatic carbocycles. The highest BCUT2D eigenvalue weighted by molar-refractivity contribution is 8.01. The monoisotopic (exact) mass is 318 g/mol. The molecule has 0 saturated carbocycles. The zero-order valence-corrected chi connectivity index (χ0v) is 14.1. The average molecular weight is 318 g/mol. The van der Waals surface area contributed by atoms with Crippen LogP contribution in [0.25, 0.3) is 0 Å². The predicted molar refractivity (Wildman–Crippen MR) is 89.9 cm³/mol. The first-order chi connectivity index (χ1) is 10.4. The number of fused-ring (bicyclic) bond motifs is 1. The Morgan fingerprint density at radius 3 is 2.68 bits per heavy atom. The van der Waals surface area contributed by atoms with E-state index in [1.807, 2.05) is 24.3 Å². The van der Waals surface area contributed by atoms with Crippen LogP contribution in [0, 0.1) is 0 Å². The minimum atomic E-state index is -0.352. The number of nitrogens with zero attached hydrogens (tertiary/aromatic N) is 1. The van der Waals surface area contributed by atoms with Crippen LogP contribution in [0.1, 0.15) is 45.1 Å². The number of carbonyl (C=O) groups is 2. The van der Waals surface area contributed by atoms with Gasteiger partial charge in [0.25, 0.3) is 0 Å². The molecule has 2 aliphatic rings. The van der Waals surface area contributed by atoms with Crippen molar-refractivity contribution in [3.63, 3.8) is 0 Å². The summed E-state index contributed by atoms with van der Waals surface area (Å²) in [5.74, 6) is 1.17. The first kappa shape index (κ1) is 15.4. The fraction of sp³-hybridized carbons (Fsp3) is 0.529. The molecule has 0 radical (unpaired) electrons. The van der Waals surface area contributed by atoms with Gasteiger partial charge >= 0.3 is 0 Å². The molecule has 2 amide bonds. The SMILES string of the molecule is CC(C)c1ccc(NC(=O)[C@H]2CS[C@@]3(C)CCC(=O)N23)cc1. The molecule has 0 aromatic heterocycles. The Labute approximate surface area is 135 Å². The van der Waals surface area contributed by atoms with Gasteiger partial charge in [-0.05, 0) is 37.0 Å². The summed E-state index contributed by atoms with van der Waals surface area (Å²) in [7, 11) is 0. The van der Waals surface area contributed by atoms with Gasteiger partial charge in [0.05, 0.1) is 4.87 Å². The van der Waals surface area contributed by atoms with Crippen LogP contribution in [0.4, 0.5) is 5.69 Å². The number of amides is 2. The van der Waals surface area contributed by atoms with Crippen LogP contribution in [-0.4, -0.2) is 33.4 Å². The van der Waals surface area contributed by atoms with Crippen molar-refractivity contribution in [1.82, 2.24) is 4.90 Å². The standard InChI is InChI=1S/C17H22N2O2S/c1-11(2)12-4-6-13(7-5-12)18-16(21)14-10-22-17(3)9-8-15(20)19(14)17/h4-7,11,14H,8-10H2,1-3H3,(H,18,21)/t14-,17+/m1/s1. The van der Waals surface area contributed by atoms with Gasteiger partial charge in [0.15, 0.2) is 0 Å². The number of carbonyl (C=O) groups excluding carboxylic acids is 2. The molecule has 2 fully saturated rings. The maximum atomic E-state index is 12.5. The lowest BCUT2D eigenvalue weighted by molar-refractivity contribution is -0.135. The third-order valence-electron chi connectivity index (χ3n) is 4.59. The van der Waals surface area contributed by atoms with Crippen LogP contribution in [0.15, 0.2) is 24.3 Å². The van der Waals surface area contributed by atoms with Gasteiger partial charge in [-0.25, -0.2) is 0 Å². The van der Waals surface area contributed by atoms with Crippen LogP contribution in [0.5, 0.6) is 0 Å². The van der Waals surface area contributed by atoms with Gasteiger partial charge in [0.2, 0.25) is 11.8 Å². The summed E-state index contributed by atoms with van der Waals surface area (Å²) in [6.07, 6.45) is 1.39. The highest BCUT2D eigenvalue weighted by Crippen LogP contribution is 2.47. The highest BCUT2D eigenvalue weighted by atomic mass is 32.2. The van der Waals surface area contributed by atoms with E-state index in [2.05, 4.69) is 26.1 Å². The van der Waals surface area contributed by atoms with E-state index in [1.54, 1.807) is 16.7 Å². The van der Waals surface area contributed by atoms with Gasteiger partial charge in [-0.1, -0.05) is 26.0 Å². The topological polar surface area (TPSA) is 49.4 Å². The Kier molecular flexibility index (Phi) is 3.93. The third kappa shape index (κ3) is 2.62. The van der Waals surface area contributed by atoms with E-state index >= 15 is 0 Å². The number of rotatable bonds is 3. The number of hydrogen-bond acceptors (Lipinski definition) is 3. The molecule has 2 heterocycles. The molecule has 1 N–H and O–H groups in total. The summed E-state index contributed by atoms with van der Waals surface area (Å²) >= 11 is 1.72. The first-order valence-electron chi connectivity index (χ1n) is 7.78. The van der Waals surface area contributed by atoms with Gasteiger partial charge in [0.1, 0.15) is 6.04 Å². The average Bonchev–Trinajstić information content (AvgIpc) is 2.97. The van der Waals surface area contributed by atoms with E-state index in [9.17, 15) is 9.59 Å². The molecule has 118 valence electrons. The smallest absolute Gasteiger partial charge is 0.248 e. The minimum Gasteiger partial charge on any atom is -0.324 e. The minimum absolute atomic E-state index is 0.0798. The molecule has 2 saturated heterocycles. The van der Waals surface area contributed by atoms with Crippen molar-refractivity contribution in [2.45, 2.75) is 50.4 Å². The van der Waals surface area contributed by atoms with Crippen molar-refractivity contribution in [2.75, 3.05) is 11.1 Å². The second kappa shape index (κ2) is 5.61. The van der Waals surface area contributed by atoms with Crippen molar-refractivity contribution in [2.24, 2.45) is 0 Å². The molecule has 22 heavy (non-hydrogen) atoms. The van der Waals surface area contributed by atoms with E-state index in [0.29, 0.717) is 18.1 Å². The van der Waals surface area contributed by atoms with Gasteiger partial charge in [0, 0.05) is 17.9 Å². The summed E-state index contributed by atoms with van der Waals surface area (Å²) in [6, 6.07) is 7.58. The number of benzene rings is 1. The molecule has 2 aliphatic heterocycles. The molecule has 2 atom stereocenters. The number of thioether (sulfide) groups is 1. The summed E-state index contributed by atoms with van der Waals surface area (Å²) in [5, 5.41) is 2.95. The molecule has 4 nitrogen and oxygen atoms in total. The Bertz CT molecular complexity index is 599. The highest BCUT2D eigenvalue weighted by Gasteiger charge is 2.52. The van der Waals surface area contributed by atoms with Gasteiger partial charge in [-0.3, -0.25) is 9.59 Å².